The number of hydrogen-bond acceptors (Lipinski definition) is 5. The highest BCUT2D eigenvalue weighted by molar-refractivity contribution is 6.29. The summed E-state index contributed by atoms with van der Waals surface area (Å²) in [4.78, 5) is 16.2. The van der Waals surface area contributed by atoms with Crippen LogP contribution in [-0.4, -0.2) is 53.5 Å². The van der Waals surface area contributed by atoms with Gasteiger partial charge < -0.3 is 14.5 Å². The number of carbonyl (C=O) groups is 1. The summed E-state index contributed by atoms with van der Waals surface area (Å²) in [6.07, 6.45) is -4.61. The van der Waals surface area contributed by atoms with E-state index in [-0.39, 0.29) is 18.1 Å². The summed E-state index contributed by atoms with van der Waals surface area (Å²) in [5.41, 5.74) is 0.625. The minimum absolute atomic E-state index is 0.0821. The number of alkyl halides is 3. The van der Waals surface area contributed by atoms with Crippen LogP contribution in [-0.2, 0) is 11.2 Å². The van der Waals surface area contributed by atoms with Crippen molar-refractivity contribution in [2.45, 2.75) is 12.8 Å². The number of carbonyl (C=O) groups excluding carboxylic acids is 1. The molecule has 1 aromatic carbocycles. The predicted molar refractivity (Wildman–Crippen MR) is 92.7 cm³/mol. The fourth-order valence-corrected chi connectivity index (χ4v) is 2.86. The van der Waals surface area contributed by atoms with Gasteiger partial charge in [0.05, 0.1) is 6.42 Å². The maximum Gasteiger partial charge on any atom is 0.573 e. The van der Waals surface area contributed by atoms with Gasteiger partial charge in [0, 0.05) is 26.2 Å². The van der Waals surface area contributed by atoms with Gasteiger partial charge >= 0.3 is 6.36 Å². The van der Waals surface area contributed by atoms with Crippen molar-refractivity contribution in [1.29, 1.82) is 0 Å². The van der Waals surface area contributed by atoms with Crippen molar-refractivity contribution in [3.05, 3.63) is 47.1 Å². The minimum Gasteiger partial charge on any atom is -0.406 e. The molecule has 1 fully saturated rings. The Balaban J connectivity index is 1.51. The third-order valence-electron chi connectivity index (χ3n) is 4.09. The Kier molecular flexibility index (Phi) is 5.69. The molecule has 3 rings (SSSR count). The summed E-state index contributed by atoms with van der Waals surface area (Å²) in [5.74, 6) is 0.310. The molecule has 0 aliphatic carbocycles. The molecule has 27 heavy (non-hydrogen) atoms. The van der Waals surface area contributed by atoms with E-state index >= 15 is 0 Å². The minimum atomic E-state index is -4.73. The molecule has 0 spiro atoms. The Bertz CT molecular complexity index is 776. The molecule has 0 radical (unpaired) electrons. The first kappa shape index (κ1) is 19.2. The number of rotatable bonds is 4. The van der Waals surface area contributed by atoms with Crippen molar-refractivity contribution in [2.75, 3.05) is 31.1 Å². The lowest BCUT2D eigenvalue weighted by Crippen LogP contribution is -2.49. The van der Waals surface area contributed by atoms with Gasteiger partial charge in [-0.25, -0.2) is 0 Å². The van der Waals surface area contributed by atoms with E-state index in [0.29, 0.717) is 42.7 Å². The van der Waals surface area contributed by atoms with Crippen molar-refractivity contribution >= 4 is 23.3 Å². The first-order chi connectivity index (χ1) is 12.8. The Hall–Kier alpha value is -2.55. The SMILES string of the molecule is O=C(Cc1ccc(OC(F)(F)F)cc1)N1CCN(c2ccc(Cl)nn2)CC1. The largest absolute Gasteiger partial charge is 0.573 e. The van der Waals surface area contributed by atoms with Gasteiger partial charge in [-0.05, 0) is 29.8 Å². The summed E-state index contributed by atoms with van der Waals surface area (Å²) in [6, 6.07) is 8.75. The first-order valence-electron chi connectivity index (χ1n) is 8.17. The third-order valence-corrected chi connectivity index (χ3v) is 4.29. The second-order valence-corrected chi connectivity index (χ2v) is 6.34. The number of ether oxygens (including phenoxy) is 1. The topological polar surface area (TPSA) is 58.6 Å². The summed E-state index contributed by atoms with van der Waals surface area (Å²) >= 11 is 5.73. The molecule has 1 aromatic heterocycles. The Morgan fingerprint density at radius 3 is 2.26 bits per heavy atom. The van der Waals surface area contributed by atoms with Gasteiger partial charge in [-0.3, -0.25) is 4.79 Å². The Morgan fingerprint density at radius 1 is 1.04 bits per heavy atom. The second-order valence-electron chi connectivity index (χ2n) is 5.95. The van der Waals surface area contributed by atoms with Crippen LogP contribution in [0.25, 0.3) is 0 Å². The van der Waals surface area contributed by atoms with Crippen LogP contribution < -0.4 is 9.64 Å². The number of anilines is 1. The lowest BCUT2D eigenvalue weighted by atomic mass is 10.1. The van der Waals surface area contributed by atoms with Crippen LogP contribution in [0.5, 0.6) is 5.75 Å². The molecule has 0 atom stereocenters. The third kappa shape index (κ3) is 5.46. The van der Waals surface area contributed by atoms with Crippen molar-refractivity contribution < 1.29 is 22.7 Å². The maximum absolute atomic E-state index is 12.4. The Labute approximate surface area is 158 Å². The molecule has 6 nitrogen and oxygen atoms in total. The van der Waals surface area contributed by atoms with Gasteiger partial charge in [0.2, 0.25) is 5.91 Å². The van der Waals surface area contributed by atoms with Crippen molar-refractivity contribution in [2.24, 2.45) is 0 Å². The van der Waals surface area contributed by atoms with Gasteiger partial charge in [-0.15, -0.1) is 23.4 Å². The van der Waals surface area contributed by atoms with E-state index in [1.54, 1.807) is 17.0 Å². The van der Waals surface area contributed by atoms with Gasteiger partial charge in [-0.2, -0.15) is 0 Å². The fourth-order valence-electron chi connectivity index (χ4n) is 2.76. The average Bonchev–Trinajstić information content (AvgIpc) is 2.63. The van der Waals surface area contributed by atoms with Gasteiger partial charge in [-0.1, -0.05) is 23.7 Å². The zero-order valence-corrected chi connectivity index (χ0v) is 14.9. The van der Waals surface area contributed by atoms with Crippen molar-refractivity contribution in [1.82, 2.24) is 15.1 Å². The van der Waals surface area contributed by atoms with Gasteiger partial charge in [0.1, 0.15) is 5.75 Å². The quantitative estimate of drug-likeness (QED) is 0.789. The summed E-state index contributed by atoms with van der Waals surface area (Å²) in [5, 5.41) is 8.15. The van der Waals surface area contributed by atoms with Crippen LogP contribution in [0.2, 0.25) is 5.15 Å². The van der Waals surface area contributed by atoms with Crippen LogP contribution in [0.4, 0.5) is 19.0 Å². The molecular weight excluding hydrogens is 385 g/mol. The van der Waals surface area contributed by atoms with Crippen LogP contribution in [0.1, 0.15) is 5.56 Å². The van der Waals surface area contributed by atoms with Crippen LogP contribution >= 0.6 is 11.6 Å². The molecule has 144 valence electrons. The molecular formula is C17H16ClF3N4O2. The van der Waals surface area contributed by atoms with E-state index in [0.717, 1.165) is 0 Å². The smallest absolute Gasteiger partial charge is 0.406 e. The molecule has 1 aliphatic heterocycles. The highest BCUT2D eigenvalue weighted by Crippen LogP contribution is 2.23. The van der Waals surface area contributed by atoms with Gasteiger partial charge in [0.25, 0.3) is 0 Å². The average molecular weight is 401 g/mol. The van der Waals surface area contributed by atoms with E-state index in [1.165, 1.54) is 24.3 Å². The second kappa shape index (κ2) is 7.99. The molecule has 2 heterocycles. The number of benzene rings is 1. The zero-order valence-electron chi connectivity index (χ0n) is 14.1. The molecule has 0 saturated carbocycles. The van der Waals surface area contributed by atoms with E-state index in [9.17, 15) is 18.0 Å². The molecule has 0 bridgehead atoms. The van der Waals surface area contributed by atoms with Crippen molar-refractivity contribution in [3.63, 3.8) is 0 Å². The number of halogens is 4. The van der Waals surface area contributed by atoms with Crippen LogP contribution in [0.3, 0.4) is 0 Å². The van der Waals surface area contributed by atoms with Crippen molar-refractivity contribution in [3.8, 4) is 5.75 Å². The standard InChI is InChI=1S/C17H16ClF3N4O2/c18-14-5-6-15(23-22-14)24-7-9-25(10-8-24)16(26)11-12-1-3-13(4-2-12)27-17(19,20)21/h1-6H,7-11H2. The molecule has 1 saturated heterocycles. The zero-order chi connectivity index (χ0) is 19.4. The molecule has 2 aromatic rings. The summed E-state index contributed by atoms with van der Waals surface area (Å²) < 4.78 is 40.3. The van der Waals surface area contributed by atoms with E-state index < -0.39 is 6.36 Å². The highest BCUT2D eigenvalue weighted by atomic mass is 35.5. The summed E-state index contributed by atoms with van der Waals surface area (Å²) in [6.45, 7) is 2.28. The number of aromatic nitrogens is 2. The monoisotopic (exact) mass is 400 g/mol. The lowest BCUT2D eigenvalue weighted by molar-refractivity contribution is -0.274. The molecule has 1 aliphatic rings. The van der Waals surface area contributed by atoms with Crippen LogP contribution in [0, 0.1) is 0 Å². The molecule has 1 amide bonds. The fraction of sp³-hybridized carbons (Fsp3) is 0.353. The molecule has 10 heteroatoms. The van der Waals surface area contributed by atoms with E-state index in [1.807, 2.05) is 4.90 Å². The normalized spacial score (nSPS) is 15.0. The molecule has 0 unspecified atom stereocenters. The van der Waals surface area contributed by atoms with Crippen LogP contribution in [0.15, 0.2) is 36.4 Å². The number of piperazine rings is 1. The lowest BCUT2D eigenvalue weighted by Gasteiger charge is -2.35. The molecule has 0 N–H and O–H groups in total. The van der Waals surface area contributed by atoms with E-state index in [4.69, 9.17) is 11.6 Å². The Morgan fingerprint density at radius 2 is 1.70 bits per heavy atom. The predicted octanol–water partition coefficient (Wildman–Crippen LogP) is 2.92. The number of hydrogen-bond donors (Lipinski definition) is 0. The van der Waals surface area contributed by atoms with Gasteiger partial charge in [0.15, 0.2) is 11.0 Å². The highest BCUT2D eigenvalue weighted by Gasteiger charge is 2.31. The first-order valence-corrected chi connectivity index (χ1v) is 8.54. The number of amides is 1. The number of nitrogens with zero attached hydrogens (tertiary/aromatic N) is 4. The summed E-state index contributed by atoms with van der Waals surface area (Å²) in [7, 11) is 0. The van der Waals surface area contributed by atoms with E-state index in [2.05, 4.69) is 14.9 Å². The maximum atomic E-state index is 12.4.